The summed E-state index contributed by atoms with van der Waals surface area (Å²) in [6.45, 7) is 1.94. The van der Waals surface area contributed by atoms with Crippen LogP contribution in [0.4, 0.5) is 0 Å². The van der Waals surface area contributed by atoms with Gasteiger partial charge in [-0.25, -0.2) is 0 Å². The van der Waals surface area contributed by atoms with Crippen molar-refractivity contribution in [3.63, 3.8) is 0 Å². The molecule has 3 saturated heterocycles. The Kier molecular flexibility index (Phi) is 3.75. The average Bonchev–Trinajstić information content (AvgIpc) is 2.85. The van der Waals surface area contributed by atoms with Crippen LogP contribution in [0.25, 0.3) is 0 Å². The molecule has 3 aliphatic heterocycles. The van der Waals surface area contributed by atoms with E-state index in [2.05, 4.69) is 10.2 Å². The van der Waals surface area contributed by atoms with Crippen LogP contribution < -0.4 is 5.32 Å². The topological polar surface area (TPSA) is 32.3 Å². The lowest BCUT2D eigenvalue weighted by atomic mass is 9.99. The van der Waals surface area contributed by atoms with E-state index in [0.717, 1.165) is 19.5 Å². The molecule has 3 nitrogen and oxygen atoms in total. The lowest BCUT2D eigenvalue weighted by Crippen LogP contribution is -2.47. The van der Waals surface area contributed by atoms with Crippen molar-refractivity contribution in [2.75, 3.05) is 13.1 Å². The molecule has 0 radical (unpaired) electrons. The number of fused-ring (bicyclic) bond motifs is 2. The maximum Gasteiger partial charge on any atom is 0.227 e. The standard InChI is InChI=1S/C12H20N2O.ClH/c15-12(9-6-7-13-8-9)14-10-2-1-3-11(14)5-4-10;/h9-11,13H,1-8H2;1H/t9-,10?,11?;/m1./s1. The van der Waals surface area contributed by atoms with Gasteiger partial charge in [0.05, 0.1) is 5.92 Å². The monoisotopic (exact) mass is 244 g/mol. The van der Waals surface area contributed by atoms with Gasteiger partial charge in [0.1, 0.15) is 0 Å². The zero-order valence-electron chi connectivity index (χ0n) is 9.65. The van der Waals surface area contributed by atoms with Gasteiger partial charge in [0.2, 0.25) is 5.91 Å². The van der Waals surface area contributed by atoms with Crippen LogP contribution in [-0.4, -0.2) is 36.0 Å². The normalized spacial score (nSPS) is 37.2. The van der Waals surface area contributed by atoms with Crippen LogP contribution in [0, 0.1) is 5.92 Å². The third-order valence-electron chi connectivity index (χ3n) is 4.36. The van der Waals surface area contributed by atoms with Crippen LogP contribution in [0.3, 0.4) is 0 Å². The van der Waals surface area contributed by atoms with Gasteiger partial charge in [-0.05, 0) is 45.1 Å². The maximum absolute atomic E-state index is 12.3. The van der Waals surface area contributed by atoms with Crippen molar-refractivity contribution in [2.45, 2.75) is 50.6 Å². The first kappa shape index (κ1) is 12.2. The van der Waals surface area contributed by atoms with Crippen molar-refractivity contribution in [3.05, 3.63) is 0 Å². The second-order valence-corrected chi connectivity index (χ2v) is 5.25. The summed E-state index contributed by atoms with van der Waals surface area (Å²) in [4.78, 5) is 14.6. The number of carbonyl (C=O) groups excluding carboxylic acids is 1. The van der Waals surface area contributed by atoms with Gasteiger partial charge in [-0.1, -0.05) is 0 Å². The molecular weight excluding hydrogens is 224 g/mol. The summed E-state index contributed by atoms with van der Waals surface area (Å²) in [5.41, 5.74) is 0. The SMILES string of the molecule is Cl.O=C([C@@H]1CCNC1)N1C2CCCC1CC2. The molecule has 2 bridgehead atoms. The second-order valence-electron chi connectivity index (χ2n) is 5.25. The fraction of sp³-hybridized carbons (Fsp3) is 0.917. The minimum absolute atomic E-state index is 0. The Balaban J connectivity index is 0.000000963. The highest BCUT2D eigenvalue weighted by Gasteiger charge is 2.41. The molecule has 16 heavy (non-hydrogen) atoms. The molecule has 0 aromatic rings. The van der Waals surface area contributed by atoms with E-state index in [1.807, 2.05) is 0 Å². The fourth-order valence-corrected chi connectivity index (χ4v) is 3.55. The molecule has 0 aliphatic carbocycles. The predicted molar refractivity (Wildman–Crippen MR) is 65.7 cm³/mol. The molecule has 3 heterocycles. The first-order valence-electron chi connectivity index (χ1n) is 6.39. The Morgan fingerprint density at radius 3 is 2.31 bits per heavy atom. The molecule has 0 spiro atoms. The molecule has 1 N–H and O–H groups in total. The second kappa shape index (κ2) is 4.92. The van der Waals surface area contributed by atoms with Gasteiger partial charge in [0.25, 0.3) is 0 Å². The number of piperidine rings is 1. The third-order valence-corrected chi connectivity index (χ3v) is 4.36. The van der Waals surface area contributed by atoms with Crippen molar-refractivity contribution >= 4 is 18.3 Å². The van der Waals surface area contributed by atoms with E-state index in [-0.39, 0.29) is 18.3 Å². The van der Waals surface area contributed by atoms with Crippen LogP contribution >= 0.6 is 12.4 Å². The molecular formula is C12H21ClN2O. The lowest BCUT2D eigenvalue weighted by molar-refractivity contribution is -0.139. The van der Waals surface area contributed by atoms with E-state index >= 15 is 0 Å². The Bertz CT molecular complexity index is 250. The number of nitrogens with zero attached hydrogens (tertiary/aromatic N) is 1. The third kappa shape index (κ3) is 1.95. The van der Waals surface area contributed by atoms with E-state index in [0.29, 0.717) is 18.0 Å². The van der Waals surface area contributed by atoms with E-state index in [1.54, 1.807) is 0 Å². The minimum atomic E-state index is 0. The Hall–Kier alpha value is -0.280. The predicted octanol–water partition coefficient (Wildman–Crippen LogP) is 1.56. The van der Waals surface area contributed by atoms with Crippen LogP contribution in [-0.2, 0) is 4.79 Å². The number of hydrogen-bond donors (Lipinski definition) is 1. The van der Waals surface area contributed by atoms with E-state index in [4.69, 9.17) is 0 Å². The van der Waals surface area contributed by atoms with Crippen LogP contribution in [0.5, 0.6) is 0 Å². The molecule has 92 valence electrons. The number of amides is 1. The average molecular weight is 245 g/mol. The molecule has 3 aliphatic rings. The summed E-state index contributed by atoms with van der Waals surface area (Å²) < 4.78 is 0. The van der Waals surface area contributed by atoms with Crippen LogP contribution in [0.2, 0.25) is 0 Å². The molecule has 0 aromatic carbocycles. The number of hydrogen-bond acceptors (Lipinski definition) is 2. The van der Waals surface area contributed by atoms with Gasteiger partial charge in [-0.15, -0.1) is 12.4 Å². The number of nitrogens with one attached hydrogen (secondary N) is 1. The zero-order valence-corrected chi connectivity index (χ0v) is 10.5. The van der Waals surface area contributed by atoms with Crippen molar-refractivity contribution in [1.82, 2.24) is 10.2 Å². The first-order chi connectivity index (χ1) is 7.36. The Morgan fingerprint density at radius 2 is 1.75 bits per heavy atom. The van der Waals surface area contributed by atoms with Crippen molar-refractivity contribution in [2.24, 2.45) is 5.92 Å². The maximum atomic E-state index is 12.3. The highest BCUT2D eigenvalue weighted by Crippen LogP contribution is 2.36. The number of rotatable bonds is 1. The van der Waals surface area contributed by atoms with E-state index in [1.165, 1.54) is 32.1 Å². The summed E-state index contributed by atoms with van der Waals surface area (Å²) in [7, 11) is 0. The van der Waals surface area contributed by atoms with Gasteiger partial charge in [0.15, 0.2) is 0 Å². The fourth-order valence-electron chi connectivity index (χ4n) is 3.55. The smallest absolute Gasteiger partial charge is 0.227 e. The number of halogens is 1. The molecule has 4 heteroatoms. The quantitative estimate of drug-likeness (QED) is 0.759. The zero-order chi connectivity index (χ0) is 10.3. The van der Waals surface area contributed by atoms with Gasteiger partial charge >= 0.3 is 0 Å². The molecule has 0 saturated carbocycles. The molecule has 0 aromatic heterocycles. The summed E-state index contributed by atoms with van der Waals surface area (Å²) >= 11 is 0. The van der Waals surface area contributed by atoms with Crippen LogP contribution in [0.15, 0.2) is 0 Å². The van der Waals surface area contributed by atoms with Crippen molar-refractivity contribution in [3.8, 4) is 0 Å². The number of carbonyl (C=O) groups is 1. The largest absolute Gasteiger partial charge is 0.336 e. The molecule has 3 atom stereocenters. The molecule has 3 rings (SSSR count). The molecule has 2 unspecified atom stereocenters. The molecule has 3 fully saturated rings. The van der Waals surface area contributed by atoms with E-state index in [9.17, 15) is 4.79 Å². The lowest BCUT2D eigenvalue weighted by Gasteiger charge is -2.36. The Labute approximate surface area is 103 Å². The molecule has 1 amide bonds. The highest BCUT2D eigenvalue weighted by molar-refractivity contribution is 5.85. The summed E-state index contributed by atoms with van der Waals surface area (Å²) in [6.07, 6.45) is 7.41. The summed E-state index contributed by atoms with van der Waals surface area (Å²) in [6, 6.07) is 1.19. The Morgan fingerprint density at radius 1 is 1.06 bits per heavy atom. The van der Waals surface area contributed by atoms with Gasteiger partial charge in [-0.2, -0.15) is 0 Å². The van der Waals surface area contributed by atoms with Gasteiger partial charge < -0.3 is 10.2 Å². The van der Waals surface area contributed by atoms with E-state index < -0.39 is 0 Å². The van der Waals surface area contributed by atoms with Gasteiger partial charge in [-0.3, -0.25) is 4.79 Å². The highest BCUT2D eigenvalue weighted by atomic mass is 35.5. The van der Waals surface area contributed by atoms with Crippen molar-refractivity contribution in [1.29, 1.82) is 0 Å². The summed E-state index contributed by atoms with van der Waals surface area (Å²) in [5.74, 6) is 0.735. The van der Waals surface area contributed by atoms with Crippen LogP contribution in [0.1, 0.15) is 38.5 Å². The van der Waals surface area contributed by atoms with Gasteiger partial charge in [0, 0.05) is 18.6 Å². The summed E-state index contributed by atoms with van der Waals surface area (Å²) in [5, 5.41) is 3.29. The van der Waals surface area contributed by atoms with Crippen molar-refractivity contribution < 1.29 is 4.79 Å². The minimum Gasteiger partial charge on any atom is -0.336 e. The first-order valence-corrected chi connectivity index (χ1v) is 6.39.